The lowest BCUT2D eigenvalue weighted by Gasteiger charge is -2.17. The predicted octanol–water partition coefficient (Wildman–Crippen LogP) is 2.38. The Labute approximate surface area is 128 Å². The van der Waals surface area contributed by atoms with Crippen molar-refractivity contribution in [1.82, 2.24) is 9.97 Å². The van der Waals surface area contributed by atoms with Gasteiger partial charge in [-0.3, -0.25) is 0 Å². The van der Waals surface area contributed by atoms with Crippen LogP contribution in [-0.4, -0.2) is 41.4 Å². The lowest BCUT2D eigenvalue weighted by atomic mass is 10.2. The average molecular weight is 306 g/mol. The number of nitrogens with zero attached hydrogens (tertiary/aromatic N) is 3. The minimum Gasteiger partial charge on any atom is -0.496 e. The van der Waals surface area contributed by atoms with Gasteiger partial charge < -0.3 is 14.7 Å². The maximum Gasteiger partial charge on any atom is 0.166 e. The third-order valence-corrected chi connectivity index (χ3v) is 3.86. The summed E-state index contributed by atoms with van der Waals surface area (Å²) >= 11 is 6.26. The fourth-order valence-corrected chi connectivity index (χ4v) is 2.74. The van der Waals surface area contributed by atoms with E-state index in [1.807, 2.05) is 23.1 Å². The Morgan fingerprint density at radius 2 is 2.24 bits per heavy atom. The normalized spacial score (nSPS) is 18.0. The average Bonchev–Trinajstić information content (AvgIpc) is 2.93. The summed E-state index contributed by atoms with van der Waals surface area (Å²) < 4.78 is 5.34. The molecule has 110 valence electrons. The number of aliphatic hydroxyl groups is 1. The van der Waals surface area contributed by atoms with E-state index in [1.54, 1.807) is 19.4 Å². The highest BCUT2D eigenvalue weighted by molar-refractivity contribution is 6.33. The van der Waals surface area contributed by atoms with Gasteiger partial charge in [0.05, 0.1) is 23.8 Å². The molecule has 2 heterocycles. The van der Waals surface area contributed by atoms with Gasteiger partial charge in [0.2, 0.25) is 0 Å². The first-order valence-electron chi connectivity index (χ1n) is 6.78. The number of ether oxygens (including phenoxy) is 1. The highest BCUT2D eigenvalue weighted by Crippen LogP contribution is 2.35. The smallest absolute Gasteiger partial charge is 0.166 e. The first-order valence-corrected chi connectivity index (χ1v) is 7.16. The second kappa shape index (κ2) is 5.87. The number of aliphatic hydroxyl groups excluding tert-OH is 1. The summed E-state index contributed by atoms with van der Waals surface area (Å²) in [4.78, 5) is 10.9. The zero-order valence-corrected chi connectivity index (χ0v) is 12.4. The molecule has 1 aliphatic rings. The molecule has 0 saturated carbocycles. The minimum absolute atomic E-state index is 0.293. The Morgan fingerprint density at radius 1 is 1.38 bits per heavy atom. The first kappa shape index (κ1) is 14.1. The van der Waals surface area contributed by atoms with Crippen LogP contribution in [0.25, 0.3) is 11.4 Å². The predicted molar refractivity (Wildman–Crippen MR) is 81.9 cm³/mol. The molecule has 6 heteroatoms. The summed E-state index contributed by atoms with van der Waals surface area (Å²) in [5, 5.41) is 10.2. The molecule has 1 saturated heterocycles. The van der Waals surface area contributed by atoms with Gasteiger partial charge in [-0.1, -0.05) is 17.7 Å². The largest absolute Gasteiger partial charge is 0.496 e. The summed E-state index contributed by atoms with van der Waals surface area (Å²) in [6, 6.07) is 7.28. The second-order valence-electron chi connectivity index (χ2n) is 4.94. The van der Waals surface area contributed by atoms with Crippen LogP contribution in [0.15, 0.2) is 30.5 Å². The van der Waals surface area contributed by atoms with Crippen molar-refractivity contribution in [1.29, 1.82) is 0 Å². The van der Waals surface area contributed by atoms with Crippen LogP contribution in [0.3, 0.4) is 0 Å². The van der Waals surface area contributed by atoms with Crippen molar-refractivity contribution in [2.45, 2.75) is 12.5 Å². The van der Waals surface area contributed by atoms with E-state index < -0.39 is 0 Å². The Bertz CT molecular complexity index is 651. The van der Waals surface area contributed by atoms with Gasteiger partial charge in [0, 0.05) is 19.3 Å². The third kappa shape index (κ3) is 2.80. The molecule has 0 bridgehead atoms. The zero-order chi connectivity index (χ0) is 14.8. The molecule has 1 aromatic carbocycles. The Morgan fingerprint density at radius 3 is 2.95 bits per heavy atom. The van der Waals surface area contributed by atoms with Crippen LogP contribution in [0.5, 0.6) is 5.75 Å². The number of halogens is 1. The zero-order valence-electron chi connectivity index (χ0n) is 11.7. The number of anilines is 1. The first-order chi connectivity index (χ1) is 10.2. The molecule has 1 unspecified atom stereocenters. The number of β-amino-alcohol motifs (C(OH)–C–C–N with tert-alkyl or cyclic N) is 1. The molecule has 0 radical (unpaired) electrons. The quantitative estimate of drug-likeness (QED) is 0.943. The highest BCUT2D eigenvalue weighted by Gasteiger charge is 2.22. The van der Waals surface area contributed by atoms with Crippen LogP contribution in [0.4, 0.5) is 5.82 Å². The maximum atomic E-state index is 9.65. The lowest BCUT2D eigenvalue weighted by Crippen LogP contribution is -2.22. The van der Waals surface area contributed by atoms with Gasteiger partial charge in [0.25, 0.3) is 0 Å². The van der Waals surface area contributed by atoms with E-state index in [4.69, 9.17) is 16.3 Å². The van der Waals surface area contributed by atoms with Crippen LogP contribution in [0, 0.1) is 0 Å². The number of hydrogen-bond donors (Lipinski definition) is 1. The number of benzene rings is 1. The van der Waals surface area contributed by atoms with E-state index in [1.165, 1.54) is 0 Å². The van der Waals surface area contributed by atoms with Gasteiger partial charge in [0.15, 0.2) is 5.82 Å². The summed E-state index contributed by atoms with van der Waals surface area (Å²) in [7, 11) is 1.59. The Hall–Kier alpha value is -1.85. The van der Waals surface area contributed by atoms with E-state index in [9.17, 15) is 5.11 Å². The van der Waals surface area contributed by atoms with Gasteiger partial charge >= 0.3 is 0 Å². The van der Waals surface area contributed by atoms with E-state index in [0.29, 0.717) is 28.7 Å². The third-order valence-electron chi connectivity index (χ3n) is 3.55. The van der Waals surface area contributed by atoms with E-state index in [0.717, 1.165) is 18.8 Å². The number of aromatic nitrogens is 2. The van der Waals surface area contributed by atoms with Crippen molar-refractivity contribution in [3.63, 3.8) is 0 Å². The summed E-state index contributed by atoms with van der Waals surface area (Å²) in [5.41, 5.74) is 0.684. The molecule has 2 aromatic rings. The topological polar surface area (TPSA) is 58.5 Å². The molecule has 1 fully saturated rings. The molecule has 0 spiro atoms. The monoisotopic (exact) mass is 305 g/mol. The number of rotatable bonds is 3. The second-order valence-corrected chi connectivity index (χ2v) is 5.35. The van der Waals surface area contributed by atoms with Crippen molar-refractivity contribution in [2.75, 3.05) is 25.1 Å². The van der Waals surface area contributed by atoms with E-state index >= 15 is 0 Å². The highest BCUT2D eigenvalue weighted by atomic mass is 35.5. The standard InChI is InChI=1S/C15H16ClN3O2/c1-21-12-4-2-3-11(16)14(12)15-17-7-5-13(18-15)19-8-6-10(20)9-19/h2-5,7,10,20H,6,8-9H2,1H3. The molecule has 1 aromatic heterocycles. The molecule has 1 aliphatic heterocycles. The van der Waals surface area contributed by atoms with Crippen molar-refractivity contribution in [2.24, 2.45) is 0 Å². The van der Waals surface area contributed by atoms with Crippen molar-refractivity contribution in [3.05, 3.63) is 35.5 Å². The Kier molecular flexibility index (Phi) is 3.94. The minimum atomic E-state index is -0.293. The molecule has 0 amide bonds. The molecule has 3 rings (SSSR count). The van der Waals surface area contributed by atoms with Gasteiger partial charge in [-0.05, 0) is 24.6 Å². The maximum absolute atomic E-state index is 9.65. The molecule has 5 nitrogen and oxygen atoms in total. The van der Waals surface area contributed by atoms with Gasteiger partial charge in [-0.15, -0.1) is 0 Å². The molecule has 1 N–H and O–H groups in total. The molecular formula is C15H16ClN3O2. The van der Waals surface area contributed by atoms with Gasteiger partial charge in [-0.25, -0.2) is 9.97 Å². The summed E-state index contributed by atoms with van der Waals surface area (Å²) in [6.07, 6.45) is 2.16. The summed E-state index contributed by atoms with van der Waals surface area (Å²) in [6.45, 7) is 1.38. The van der Waals surface area contributed by atoms with Crippen LogP contribution in [0.1, 0.15) is 6.42 Å². The van der Waals surface area contributed by atoms with Crippen molar-refractivity contribution in [3.8, 4) is 17.1 Å². The molecular weight excluding hydrogens is 290 g/mol. The van der Waals surface area contributed by atoms with Crippen LogP contribution in [-0.2, 0) is 0 Å². The van der Waals surface area contributed by atoms with Crippen molar-refractivity contribution < 1.29 is 9.84 Å². The number of methoxy groups -OCH3 is 1. The van der Waals surface area contributed by atoms with Crippen LogP contribution >= 0.6 is 11.6 Å². The van der Waals surface area contributed by atoms with E-state index in [2.05, 4.69) is 9.97 Å². The fourth-order valence-electron chi connectivity index (χ4n) is 2.49. The van der Waals surface area contributed by atoms with Crippen molar-refractivity contribution >= 4 is 17.4 Å². The van der Waals surface area contributed by atoms with Crippen LogP contribution < -0.4 is 9.64 Å². The van der Waals surface area contributed by atoms with E-state index in [-0.39, 0.29) is 6.10 Å². The summed E-state index contributed by atoms with van der Waals surface area (Å²) in [5.74, 6) is 1.95. The lowest BCUT2D eigenvalue weighted by molar-refractivity contribution is 0.198. The molecule has 21 heavy (non-hydrogen) atoms. The molecule has 0 aliphatic carbocycles. The van der Waals surface area contributed by atoms with Gasteiger partial charge in [-0.2, -0.15) is 0 Å². The molecule has 1 atom stereocenters. The fraction of sp³-hybridized carbons (Fsp3) is 0.333. The van der Waals surface area contributed by atoms with Gasteiger partial charge in [0.1, 0.15) is 11.6 Å². The van der Waals surface area contributed by atoms with Crippen LogP contribution in [0.2, 0.25) is 5.02 Å². The SMILES string of the molecule is COc1cccc(Cl)c1-c1nccc(N2CCC(O)C2)n1. The Balaban J connectivity index is 2.00. The number of hydrogen-bond acceptors (Lipinski definition) is 5.